The summed E-state index contributed by atoms with van der Waals surface area (Å²) < 4.78 is 10.5. The SMILES string of the molecule is O=C(OCCC1CCCNC1)N1CCOCC1. The second kappa shape index (κ2) is 6.81. The molecule has 0 aliphatic carbocycles. The lowest BCUT2D eigenvalue weighted by molar-refractivity contribution is 0.0255. The first-order chi connectivity index (χ1) is 8.36. The number of carbonyl (C=O) groups is 1. The summed E-state index contributed by atoms with van der Waals surface area (Å²) in [6, 6.07) is 0. The zero-order valence-electron chi connectivity index (χ0n) is 10.3. The van der Waals surface area contributed by atoms with Gasteiger partial charge in [-0.1, -0.05) is 0 Å². The molecule has 5 nitrogen and oxygen atoms in total. The lowest BCUT2D eigenvalue weighted by atomic mass is 9.97. The van der Waals surface area contributed by atoms with Gasteiger partial charge in [0.1, 0.15) is 0 Å². The molecule has 2 fully saturated rings. The van der Waals surface area contributed by atoms with Gasteiger partial charge in [-0.05, 0) is 38.3 Å². The van der Waals surface area contributed by atoms with Gasteiger partial charge in [0.25, 0.3) is 0 Å². The summed E-state index contributed by atoms with van der Waals surface area (Å²) in [6.07, 6.45) is 3.28. The molecule has 1 amide bonds. The van der Waals surface area contributed by atoms with Crippen LogP contribution in [-0.2, 0) is 9.47 Å². The second-order valence-electron chi connectivity index (χ2n) is 4.71. The molecule has 2 heterocycles. The minimum Gasteiger partial charge on any atom is -0.449 e. The molecule has 0 spiro atoms. The summed E-state index contributed by atoms with van der Waals surface area (Å²) >= 11 is 0. The average Bonchev–Trinajstić information content (AvgIpc) is 2.41. The fraction of sp³-hybridized carbons (Fsp3) is 0.917. The maximum Gasteiger partial charge on any atom is 0.409 e. The number of nitrogens with one attached hydrogen (secondary N) is 1. The van der Waals surface area contributed by atoms with Crippen molar-refractivity contribution in [1.82, 2.24) is 10.2 Å². The molecule has 98 valence electrons. The smallest absolute Gasteiger partial charge is 0.409 e. The minimum atomic E-state index is -0.183. The highest BCUT2D eigenvalue weighted by molar-refractivity contribution is 5.67. The minimum absolute atomic E-state index is 0.183. The maximum absolute atomic E-state index is 11.7. The van der Waals surface area contributed by atoms with Gasteiger partial charge in [-0.3, -0.25) is 0 Å². The first-order valence-electron chi connectivity index (χ1n) is 6.56. The number of morpholine rings is 1. The van der Waals surface area contributed by atoms with E-state index in [4.69, 9.17) is 9.47 Å². The number of ether oxygens (including phenoxy) is 2. The van der Waals surface area contributed by atoms with E-state index in [2.05, 4.69) is 5.32 Å². The first kappa shape index (κ1) is 12.6. The molecule has 0 aromatic rings. The number of amides is 1. The Bertz CT molecular complexity index is 236. The summed E-state index contributed by atoms with van der Waals surface area (Å²) in [5.74, 6) is 0.668. The zero-order valence-corrected chi connectivity index (χ0v) is 10.3. The van der Waals surface area contributed by atoms with Crippen molar-refractivity contribution in [3.8, 4) is 0 Å². The highest BCUT2D eigenvalue weighted by atomic mass is 16.6. The van der Waals surface area contributed by atoms with Gasteiger partial charge in [0.15, 0.2) is 0 Å². The summed E-state index contributed by atoms with van der Waals surface area (Å²) in [5.41, 5.74) is 0. The standard InChI is InChI=1S/C12H22N2O3/c15-12(14-5-8-16-9-6-14)17-7-3-11-2-1-4-13-10-11/h11,13H,1-10H2. The molecule has 1 atom stereocenters. The van der Waals surface area contributed by atoms with Gasteiger partial charge < -0.3 is 19.7 Å². The Kier molecular flexibility index (Phi) is 5.07. The summed E-state index contributed by atoms with van der Waals surface area (Å²) in [6.45, 7) is 5.30. The van der Waals surface area contributed by atoms with Crippen molar-refractivity contribution >= 4 is 6.09 Å². The molecular formula is C12H22N2O3. The van der Waals surface area contributed by atoms with Crippen LogP contribution in [0.15, 0.2) is 0 Å². The van der Waals surface area contributed by atoms with E-state index in [-0.39, 0.29) is 6.09 Å². The molecule has 0 aromatic carbocycles. The van der Waals surface area contributed by atoms with Crippen LogP contribution in [0.3, 0.4) is 0 Å². The molecular weight excluding hydrogens is 220 g/mol. The Morgan fingerprint density at radius 3 is 2.94 bits per heavy atom. The van der Waals surface area contributed by atoms with Gasteiger partial charge in [-0.25, -0.2) is 4.79 Å². The quantitative estimate of drug-likeness (QED) is 0.797. The van der Waals surface area contributed by atoms with Gasteiger partial charge >= 0.3 is 6.09 Å². The maximum atomic E-state index is 11.7. The van der Waals surface area contributed by atoms with Crippen molar-refractivity contribution in [1.29, 1.82) is 0 Å². The molecule has 1 N–H and O–H groups in total. The molecule has 0 bridgehead atoms. The summed E-state index contributed by atoms with van der Waals surface area (Å²) in [7, 11) is 0. The van der Waals surface area contributed by atoms with Crippen LogP contribution >= 0.6 is 0 Å². The molecule has 2 rings (SSSR count). The summed E-state index contributed by atoms with van der Waals surface area (Å²) in [5, 5.41) is 3.37. The number of piperidine rings is 1. The van der Waals surface area contributed by atoms with Crippen molar-refractivity contribution in [3.63, 3.8) is 0 Å². The number of rotatable bonds is 3. The third-order valence-corrected chi connectivity index (χ3v) is 3.42. The van der Waals surface area contributed by atoms with E-state index >= 15 is 0 Å². The number of hydrogen-bond donors (Lipinski definition) is 1. The van der Waals surface area contributed by atoms with Crippen LogP contribution in [-0.4, -0.2) is 57.0 Å². The van der Waals surface area contributed by atoms with Gasteiger partial charge in [-0.15, -0.1) is 0 Å². The lowest BCUT2D eigenvalue weighted by Gasteiger charge is -2.27. The Labute approximate surface area is 102 Å². The molecule has 2 aliphatic rings. The number of carbonyl (C=O) groups excluding carboxylic acids is 1. The van der Waals surface area contributed by atoms with Crippen LogP contribution in [0.1, 0.15) is 19.3 Å². The van der Waals surface area contributed by atoms with E-state index in [1.54, 1.807) is 4.90 Å². The van der Waals surface area contributed by atoms with Crippen LogP contribution in [0, 0.1) is 5.92 Å². The topological polar surface area (TPSA) is 50.8 Å². The summed E-state index contributed by atoms with van der Waals surface area (Å²) in [4.78, 5) is 13.4. The van der Waals surface area contributed by atoms with Gasteiger partial charge in [-0.2, -0.15) is 0 Å². The molecule has 0 aromatic heterocycles. The Hall–Kier alpha value is -0.810. The predicted octanol–water partition coefficient (Wildman–Crippen LogP) is 0.845. The van der Waals surface area contributed by atoms with Crippen LogP contribution in [0.2, 0.25) is 0 Å². The fourth-order valence-electron chi connectivity index (χ4n) is 2.32. The highest BCUT2D eigenvalue weighted by Gasteiger charge is 2.19. The van der Waals surface area contributed by atoms with E-state index in [0.717, 1.165) is 19.5 Å². The van der Waals surface area contributed by atoms with Crippen LogP contribution < -0.4 is 5.32 Å². The van der Waals surface area contributed by atoms with Crippen LogP contribution in [0.25, 0.3) is 0 Å². The molecule has 5 heteroatoms. The van der Waals surface area contributed by atoms with E-state index in [1.807, 2.05) is 0 Å². The molecule has 0 saturated carbocycles. The molecule has 0 radical (unpaired) electrons. The highest BCUT2D eigenvalue weighted by Crippen LogP contribution is 2.14. The van der Waals surface area contributed by atoms with Crippen molar-refractivity contribution < 1.29 is 14.3 Å². The molecule has 17 heavy (non-hydrogen) atoms. The predicted molar refractivity (Wildman–Crippen MR) is 64.0 cm³/mol. The normalized spacial score (nSPS) is 25.6. The van der Waals surface area contributed by atoms with Crippen LogP contribution in [0.5, 0.6) is 0 Å². The van der Waals surface area contributed by atoms with Crippen molar-refractivity contribution in [2.24, 2.45) is 5.92 Å². The van der Waals surface area contributed by atoms with E-state index in [9.17, 15) is 4.79 Å². The molecule has 1 unspecified atom stereocenters. The van der Waals surface area contributed by atoms with E-state index in [1.165, 1.54) is 12.8 Å². The Morgan fingerprint density at radius 1 is 1.41 bits per heavy atom. The Morgan fingerprint density at radius 2 is 2.24 bits per heavy atom. The van der Waals surface area contributed by atoms with E-state index in [0.29, 0.717) is 38.8 Å². The van der Waals surface area contributed by atoms with Gasteiger partial charge in [0.2, 0.25) is 0 Å². The van der Waals surface area contributed by atoms with Crippen molar-refractivity contribution in [2.45, 2.75) is 19.3 Å². The van der Waals surface area contributed by atoms with Gasteiger partial charge in [0.05, 0.1) is 19.8 Å². The average molecular weight is 242 g/mol. The second-order valence-corrected chi connectivity index (χ2v) is 4.71. The molecule has 2 aliphatic heterocycles. The Balaban J connectivity index is 1.58. The van der Waals surface area contributed by atoms with Crippen LogP contribution in [0.4, 0.5) is 4.79 Å². The largest absolute Gasteiger partial charge is 0.449 e. The number of hydrogen-bond acceptors (Lipinski definition) is 4. The monoisotopic (exact) mass is 242 g/mol. The van der Waals surface area contributed by atoms with Gasteiger partial charge in [0, 0.05) is 13.1 Å². The number of nitrogens with zero attached hydrogens (tertiary/aromatic N) is 1. The lowest BCUT2D eigenvalue weighted by Crippen LogP contribution is -2.41. The first-order valence-corrected chi connectivity index (χ1v) is 6.56. The molecule has 2 saturated heterocycles. The third kappa shape index (κ3) is 4.16. The van der Waals surface area contributed by atoms with Crippen molar-refractivity contribution in [3.05, 3.63) is 0 Å². The third-order valence-electron chi connectivity index (χ3n) is 3.42. The zero-order chi connectivity index (χ0) is 11.9. The van der Waals surface area contributed by atoms with E-state index < -0.39 is 0 Å². The fourth-order valence-corrected chi connectivity index (χ4v) is 2.32. The van der Waals surface area contributed by atoms with Crippen molar-refractivity contribution in [2.75, 3.05) is 46.0 Å².